The van der Waals surface area contributed by atoms with Gasteiger partial charge in [-0.15, -0.1) is 0 Å². The molecule has 1 N–H and O–H groups in total. The molecule has 0 saturated carbocycles. The Balaban J connectivity index is 2.01. The van der Waals surface area contributed by atoms with Gasteiger partial charge in [-0.25, -0.2) is 4.79 Å². The average Bonchev–Trinajstić information content (AvgIpc) is 2.64. The number of benzene rings is 2. The molecule has 0 aromatic heterocycles. The van der Waals surface area contributed by atoms with Gasteiger partial charge in [0, 0.05) is 10.7 Å². The lowest BCUT2D eigenvalue weighted by Gasteiger charge is -2.13. The molecule has 28 heavy (non-hydrogen) atoms. The van der Waals surface area contributed by atoms with Crippen molar-refractivity contribution in [3.63, 3.8) is 0 Å². The minimum absolute atomic E-state index is 0.0248. The van der Waals surface area contributed by atoms with Crippen LogP contribution >= 0.6 is 11.6 Å². The highest BCUT2D eigenvalue weighted by molar-refractivity contribution is 6.31. The monoisotopic (exact) mass is 413 g/mol. The van der Waals surface area contributed by atoms with E-state index < -0.39 is 25.1 Å². The molecule has 2 aromatic rings. The summed E-state index contributed by atoms with van der Waals surface area (Å²) in [6, 6.07) is 8.62. The van der Waals surface area contributed by atoms with Crippen molar-refractivity contribution < 1.29 is 32.6 Å². The molecule has 0 heterocycles. The first-order chi connectivity index (χ1) is 13.3. The summed E-state index contributed by atoms with van der Waals surface area (Å²) in [5.41, 5.74) is 1.32. The summed E-state index contributed by atoms with van der Waals surface area (Å²) in [6.07, 6.45) is 0. The normalized spacial score (nSPS) is 10.5. The predicted octanol–water partition coefficient (Wildman–Crippen LogP) is 4.44. The molecule has 2 rings (SSSR count). The number of anilines is 1. The lowest BCUT2D eigenvalue weighted by Crippen LogP contribution is -2.21. The molecule has 0 unspecified atom stereocenters. The van der Waals surface area contributed by atoms with Crippen LogP contribution in [0.3, 0.4) is 0 Å². The minimum Gasteiger partial charge on any atom is -0.490 e. The zero-order valence-corrected chi connectivity index (χ0v) is 15.9. The first-order valence-corrected chi connectivity index (χ1v) is 8.62. The smallest absolute Gasteiger partial charge is 0.387 e. The van der Waals surface area contributed by atoms with Crippen LogP contribution in [-0.4, -0.2) is 31.7 Å². The number of halogens is 3. The van der Waals surface area contributed by atoms with Gasteiger partial charge in [-0.2, -0.15) is 8.78 Å². The van der Waals surface area contributed by atoms with Crippen molar-refractivity contribution in [1.29, 1.82) is 0 Å². The second-order valence-corrected chi connectivity index (χ2v) is 5.99. The molecule has 0 aliphatic heterocycles. The van der Waals surface area contributed by atoms with Crippen LogP contribution in [0.4, 0.5) is 14.5 Å². The summed E-state index contributed by atoms with van der Waals surface area (Å²) < 4.78 is 39.3. The summed E-state index contributed by atoms with van der Waals surface area (Å²) >= 11 is 5.89. The van der Waals surface area contributed by atoms with E-state index in [1.807, 2.05) is 0 Å². The van der Waals surface area contributed by atoms with E-state index in [0.717, 1.165) is 5.56 Å². The molecule has 0 radical (unpaired) electrons. The van der Waals surface area contributed by atoms with Gasteiger partial charge in [0.2, 0.25) is 0 Å². The van der Waals surface area contributed by atoms with Gasteiger partial charge in [0.15, 0.2) is 18.1 Å². The van der Waals surface area contributed by atoms with Crippen LogP contribution in [0, 0.1) is 6.92 Å². The Morgan fingerprint density at radius 1 is 1.14 bits per heavy atom. The number of rotatable bonds is 8. The van der Waals surface area contributed by atoms with E-state index >= 15 is 0 Å². The Kier molecular flexibility index (Phi) is 7.57. The number of carbonyl (C=O) groups is 2. The quantitative estimate of drug-likeness (QED) is 0.647. The van der Waals surface area contributed by atoms with Crippen molar-refractivity contribution in [2.45, 2.75) is 20.5 Å². The number of carbonyl (C=O) groups excluding carboxylic acids is 2. The molecule has 6 nitrogen and oxygen atoms in total. The van der Waals surface area contributed by atoms with Crippen molar-refractivity contribution in [1.82, 2.24) is 0 Å². The lowest BCUT2D eigenvalue weighted by molar-refractivity contribution is -0.119. The summed E-state index contributed by atoms with van der Waals surface area (Å²) in [4.78, 5) is 24.1. The van der Waals surface area contributed by atoms with Crippen LogP contribution in [0.25, 0.3) is 0 Å². The molecule has 9 heteroatoms. The Labute approximate surface area is 165 Å². The number of esters is 1. The van der Waals surface area contributed by atoms with Gasteiger partial charge < -0.3 is 19.5 Å². The average molecular weight is 414 g/mol. The molecular weight excluding hydrogens is 396 g/mol. The molecule has 0 atom stereocenters. The van der Waals surface area contributed by atoms with Crippen LogP contribution in [-0.2, 0) is 9.53 Å². The number of hydrogen-bond donors (Lipinski definition) is 1. The Morgan fingerprint density at radius 2 is 1.89 bits per heavy atom. The van der Waals surface area contributed by atoms with Gasteiger partial charge in [0.05, 0.1) is 12.2 Å². The van der Waals surface area contributed by atoms with E-state index in [-0.39, 0.29) is 23.7 Å². The molecule has 0 aliphatic carbocycles. The second-order valence-electron chi connectivity index (χ2n) is 5.56. The first kappa shape index (κ1) is 21.4. The van der Waals surface area contributed by atoms with Crippen molar-refractivity contribution in [2.75, 3.05) is 18.5 Å². The van der Waals surface area contributed by atoms with Crippen molar-refractivity contribution >= 4 is 29.2 Å². The Bertz CT molecular complexity index is 860. The number of aryl methyl sites for hydroxylation is 1. The van der Waals surface area contributed by atoms with Crippen LogP contribution in [0.1, 0.15) is 22.8 Å². The summed E-state index contributed by atoms with van der Waals surface area (Å²) in [5.74, 6) is -1.61. The number of ether oxygens (including phenoxy) is 3. The maximum atomic E-state index is 12.4. The zero-order valence-electron chi connectivity index (χ0n) is 15.1. The highest BCUT2D eigenvalue weighted by Gasteiger charge is 2.16. The first-order valence-electron chi connectivity index (χ1n) is 8.25. The van der Waals surface area contributed by atoms with E-state index in [2.05, 4.69) is 10.1 Å². The fourth-order valence-electron chi connectivity index (χ4n) is 2.23. The molecule has 1 amide bonds. The van der Waals surface area contributed by atoms with E-state index in [0.29, 0.717) is 10.7 Å². The van der Waals surface area contributed by atoms with Crippen molar-refractivity contribution in [2.24, 2.45) is 0 Å². The maximum Gasteiger partial charge on any atom is 0.387 e. The van der Waals surface area contributed by atoms with E-state index in [4.69, 9.17) is 21.1 Å². The minimum atomic E-state index is -3.03. The van der Waals surface area contributed by atoms with Gasteiger partial charge in [-0.05, 0) is 49.7 Å². The van der Waals surface area contributed by atoms with Gasteiger partial charge in [0.1, 0.15) is 0 Å². The fraction of sp³-hybridized carbons (Fsp3) is 0.263. The van der Waals surface area contributed by atoms with Crippen LogP contribution in [0.15, 0.2) is 36.4 Å². The predicted molar refractivity (Wildman–Crippen MR) is 99.3 cm³/mol. The lowest BCUT2D eigenvalue weighted by atomic mass is 10.2. The van der Waals surface area contributed by atoms with Gasteiger partial charge in [-0.1, -0.05) is 17.7 Å². The largest absolute Gasteiger partial charge is 0.490 e. The number of amides is 1. The highest BCUT2D eigenvalue weighted by atomic mass is 35.5. The summed E-state index contributed by atoms with van der Waals surface area (Å²) in [7, 11) is 0. The number of nitrogens with one attached hydrogen (secondary N) is 1. The molecule has 0 bridgehead atoms. The molecule has 0 saturated heterocycles. The van der Waals surface area contributed by atoms with Crippen LogP contribution in [0.5, 0.6) is 11.5 Å². The highest BCUT2D eigenvalue weighted by Crippen LogP contribution is 2.30. The van der Waals surface area contributed by atoms with E-state index in [9.17, 15) is 18.4 Å². The molecule has 2 aromatic carbocycles. The number of hydrogen-bond acceptors (Lipinski definition) is 5. The standard InChI is InChI=1S/C19H18ClF2NO5/c1-3-26-16-8-12(5-7-15(16)28-19(21)22)18(25)27-10-17(24)23-14-9-13(20)6-4-11(14)2/h4-9,19H,3,10H2,1-2H3,(H,23,24). The molecule has 0 fully saturated rings. The maximum absolute atomic E-state index is 12.4. The number of alkyl halides is 2. The molecular formula is C19H18ClF2NO5. The summed E-state index contributed by atoms with van der Waals surface area (Å²) in [5, 5.41) is 3.04. The topological polar surface area (TPSA) is 73.9 Å². The van der Waals surface area contributed by atoms with E-state index in [1.54, 1.807) is 32.0 Å². The second kappa shape index (κ2) is 9.89. The van der Waals surface area contributed by atoms with E-state index in [1.165, 1.54) is 18.2 Å². The van der Waals surface area contributed by atoms with Gasteiger partial charge >= 0.3 is 12.6 Å². The van der Waals surface area contributed by atoms with Crippen LogP contribution in [0.2, 0.25) is 5.02 Å². The third-order valence-electron chi connectivity index (χ3n) is 3.50. The van der Waals surface area contributed by atoms with Crippen molar-refractivity contribution in [3.8, 4) is 11.5 Å². The molecule has 0 spiro atoms. The van der Waals surface area contributed by atoms with Crippen molar-refractivity contribution in [3.05, 3.63) is 52.5 Å². The Hall–Kier alpha value is -2.87. The SMILES string of the molecule is CCOc1cc(C(=O)OCC(=O)Nc2cc(Cl)ccc2C)ccc1OC(F)F. The van der Waals surface area contributed by atoms with Gasteiger partial charge in [-0.3, -0.25) is 4.79 Å². The van der Waals surface area contributed by atoms with Gasteiger partial charge in [0.25, 0.3) is 5.91 Å². The third-order valence-corrected chi connectivity index (χ3v) is 3.74. The Morgan fingerprint density at radius 3 is 2.57 bits per heavy atom. The molecule has 150 valence electrons. The van der Waals surface area contributed by atoms with Crippen LogP contribution < -0.4 is 14.8 Å². The fourth-order valence-corrected chi connectivity index (χ4v) is 2.40. The third kappa shape index (κ3) is 6.09. The zero-order chi connectivity index (χ0) is 20.7. The molecule has 0 aliphatic rings. The summed E-state index contributed by atoms with van der Waals surface area (Å²) in [6.45, 7) is 0.0506.